The predicted molar refractivity (Wildman–Crippen MR) is 57.1 cm³/mol. The molecule has 1 aliphatic carbocycles. The van der Waals surface area contributed by atoms with Gasteiger partial charge in [0.2, 0.25) is 5.91 Å². The van der Waals surface area contributed by atoms with Crippen molar-refractivity contribution in [3.05, 3.63) is 23.8 Å². The molecule has 2 aliphatic rings. The first kappa shape index (κ1) is 8.77. The Morgan fingerprint density at radius 2 is 2.27 bits per heavy atom. The molecule has 0 radical (unpaired) electrons. The van der Waals surface area contributed by atoms with Crippen LogP contribution in [0.5, 0.6) is 5.75 Å². The van der Waals surface area contributed by atoms with Crippen LogP contribution >= 0.6 is 0 Å². The van der Waals surface area contributed by atoms with Gasteiger partial charge in [-0.05, 0) is 36.1 Å². The highest BCUT2D eigenvalue weighted by atomic mass is 16.5. The van der Waals surface area contributed by atoms with Gasteiger partial charge in [0, 0.05) is 5.69 Å². The van der Waals surface area contributed by atoms with E-state index in [1.165, 1.54) is 0 Å². The predicted octanol–water partition coefficient (Wildman–Crippen LogP) is 1.92. The van der Waals surface area contributed by atoms with Gasteiger partial charge in [0.1, 0.15) is 5.75 Å². The van der Waals surface area contributed by atoms with E-state index in [-0.39, 0.29) is 11.3 Å². The first-order valence-corrected chi connectivity index (χ1v) is 5.18. The van der Waals surface area contributed by atoms with Gasteiger partial charge in [0.15, 0.2) is 0 Å². The summed E-state index contributed by atoms with van der Waals surface area (Å²) >= 11 is 0. The third-order valence-corrected chi connectivity index (χ3v) is 3.67. The number of methoxy groups -OCH3 is 1. The number of carbonyl (C=O) groups is 1. The van der Waals surface area contributed by atoms with Crippen molar-refractivity contribution in [3.8, 4) is 5.75 Å². The molecule has 15 heavy (non-hydrogen) atoms. The molecule has 78 valence electrons. The number of ether oxygens (including phenoxy) is 1. The average molecular weight is 203 g/mol. The number of nitrogens with one attached hydrogen (secondary N) is 1. The SMILES string of the molecule is COc1ccc2c(c1)C1(CC1C)C(=O)N2. The van der Waals surface area contributed by atoms with Gasteiger partial charge in [-0.1, -0.05) is 6.92 Å². The number of hydrogen-bond donors (Lipinski definition) is 1. The second kappa shape index (κ2) is 2.54. The van der Waals surface area contributed by atoms with Gasteiger partial charge in [-0.25, -0.2) is 0 Å². The average Bonchev–Trinajstić information content (AvgIpc) is 2.83. The molecule has 3 heteroatoms. The molecule has 1 fully saturated rings. The zero-order chi connectivity index (χ0) is 10.6. The fraction of sp³-hybridized carbons (Fsp3) is 0.417. The molecule has 3 rings (SSSR count). The first-order valence-electron chi connectivity index (χ1n) is 5.18. The van der Waals surface area contributed by atoms with E-state index in [9.17, 15) is 4.79 Å². The van der Waals surface area contributed by atoms with Crippen LogP contribution in [0.3, 0.4) is 0 Å². The zero-order valence-electron chi connectivity index (χ0n) is 8.83. The van der Waals surface area contributed by atoms with E-state index in [0.29, 0.717) is 5.92 Å². The minimum atomic E-state index is -0.246. The van der Waals surface area contributed by atoms with Crippen LogP contribution in [0, 0.1) is 5.92 Å². The summed E-state index contributed by atoms with van der Waals surface area (Å²) in [5, 5.41) is 2.94. The minimum absolute atomic E-state index is 0.151. The Kier molecular flexibility index (Phi) is 1.48. The maximum Gasteiger partial charge on any atom is 0.235 e. The smallest absolute Gasteiger partial charge is 0.235 e. The third-order valence-electron chi connectivity index (χ3n) is 3.67. The normalized spacial score (nSPS) is 31.3. The number of anilines is 1. The number of amides is 1. The molecule has 1 saturated carbocycles. The summed E-state index contributed by atoms with van der Waals surface area (Å²) in [5.41, 5.74) is 1.81. The first-order chi connectivity index (χ1) is 7.18. The summed E-state index contributed by atoms with van der Waals surface area (Å²) in [6, 6.07) is 5.79. The Labute approximate surface area is 88.4 Å². The monoisotopic (exact) mass is 203 g/mol. The summed E-state index contributed by atoms with van der Waals surface area (Å²) in [7, 11) is 1.65. The van der Waals surface area contributed by atoms with Gasteiger partial charge in [-0.3, -0.25) is 4.79 Å². The van der Waals surface area contributed by atoms with Crippen LogP contribution in [0.4, 0.5) is 5.69 Å². The van der Waals surface area contributed by atoms with Gasteiger partial charge in [0.25, 0.3) is 0 Å². The molecule has 0 aromatic heterocycles. The maximum atomic E-state index is 11.9. The van der Waals surface area contributed by atoms with Crippen molar-refractivity contribution in [1.29, 1.82) is 0 Å². The lowest BCUT2D eigenvalue weighted by Crippen LogP contribution is -2.20. The molecule has 2 atom stereocenters. The van der Waals surface area contributed by atoms with Crippen molar-refractivity contribution < 1.29 is 9.53 Å². The van der Waals surface area contributed by atoms with Crippen LogP contribution in [0.1, 0.15) is 18.9 Å². The Bertz CT molecular complexity index is 455. The summed E-state index contributed by atoms with van der Waals surface area (Å²) in [5.74, 6) is 1.42. The molecule has 1 amide bonds. The maximum absolute atomic E-state index is 11.9. The van der Waals surface area contributed by atoms with Crippen LogP contribution in [-0.2, 0) is 10.2 Å². The van der Waals surface area contributed by atoms with Gasteiger partial charge >= 0.3 is 0 Å². The highest BCUT2D eigenvalue weighted by Crippen LogP contribution is 2.60. The second-order valence-corrected chi connectivity index (χ2v) is 4.44. The number of benzene rings is 1. The van der Waals surface area contributed by atoms with Crippen LogP contribution < -0.4 is 10.1 Å². The lowest BCUT2D eigenvalue weighted by molar-refractivity contribution is -0.118. The molecule has 1 aromatic carbocycles. The highest BCUT2D eigenvalue weighted by Gasteiger charge is 2.62. The van der Waals surface area contributed by atoms with E-state index in [1.807, 2.05) is 18.2 Å². The molecular formula is C12H13NO2. The van der Waals surface area contributed by atoms with Crippen molar-refractivity contribution in [2.45, 2.75) is 18.8 Å². The van der Waals surface area contributed by atoms with E-state index >= 15 is 0 Å². The van der Waals surface area contributed by atoms with E-state index < -0.39 is 0 Å². The van der Waals surface area contributed by atoms with E-state index in [0.717, 1.165) is 23.4 Å². The van der Waals surface area contributed by atoms with Crippen molar-refractivity contribution in [2.75, 3.05) is 12.4 Å². The van der Waals surface area contributed by atoms with Crippen molar-refractivity contribution >= 4 is 11.6 Å². The molecule has 1 heterocycles. The fourth-order valence-corrected chi connectivity index (χ4v) is 2.60. The van der Waals surface area contributed by atoms with Gasteiger partial charge in [-0.2, -0.15) is 0 Å². The quantitative estimate of drug-likeness (QED) is 0.757. The highest BCUT2D eigenvalue weighted by molar-refractivity contribution is 6.08. The topological polar surface area (TPSA) is 38.3 Å². The van der Waals surface area contributed by atoms with Gasteiger partial charge < -0.3 is 10.1 Å². The Morgan fingerprint density at radius 1 is 1.53 bits per heavy atom. The van der Waals surface area contributed by atoms with E-state index in [4.69, 9.17) is 4.74 Å². The van der Waals surface area contributed by atoms with Crippen molar-refractivity contribution in [1.82, 2.24) is 0 Å². The molecule has 1 aliphatic heterocycles. The molecule has 2 unspecified atom stereocenters. The van der Waals surface area contributed by atoms with Gasteiger partial charge in [-0.15, -0.1) is 0 Å². The minimum Gasteiger partial charge on any atom is -0.497 e. The van der Waals surface area contributed by atoms with Gasteiger partial charge in [0.05, 0.1) is 12.5 Å². The number of carbonyl (C=O) groups excluding carboxylic acids is 1. The molecule has 3 nitrogen and oxygen atoms in total. The number of hydrogen-bond acceptors (Lipinski definition) is 2. The summed E-state index contributed by atoms with van der Waals surface area (Å²) in [6.07, 6.45) is 0.957. The molecule has 1 spiro atoms. The lowest BCUT2D eigenvalue weighted by Gasteiger charge is -2.07. The third kappa shape index (κ3) is 0.928. The lowest BCUT2D eigenvalue weighted by atomic mass is 9.95. The Hall–Kier alpha value is -1.51. The second-order valence-electron chi connectivity index (χ2n) is 4.44. The number of fused-ring (bicyclic) bond motifs is 2. The summed E-state index contributed by atoms with van der Waals surface area (Å²) in [6.45, 7) is 2.12. The summed E-state index contributed by atoms with van der Waals surface area (Å²) in [4.78, 5) is 11.9. The van der Waals surface area contributed by atoms with E-state index in [1.54, 1.807) is 7.11 Å². The fourth-order valence-electron chi connectivity index (χ4n) is 2.60. The molecule has 1 N–H and O–H groups in total. The largest absolute Gasteiger partial charge is 0.497 e. The standard InChI is InChI=1S/C12H13NO2/c1-7-6-12(7)9-5-8(15-2)3-4-10(9)13-11(12)14/h3-5,7H,6H2,1-2H3,(H,13,14). The summed E-state index contributed by atoms with van der Waals surface area (Å²) < 4.78 is 5.19. The van der Waals surface area contributed by atoms with Crippen molar-refractivity contribution in [2.24, 2.45) is 5.92 Å². The van der Waals surface area contributed by atoms with Crippen LogP contribution in [0.25, 0.3) is 0 Å². The molecule has 1 aromatic rings. The van der Waals surface area contributed by atoms with Crippen LogP contribution in [0.15, 0.2) is 18.2 Å². The Balaban J connectivity index is 2.15. The molecule has 0 bridgehead atoms. The van der Waals surface area contributed by atoms with Crippen LogP contribution in [-0.4, -0.2) is 13.0 Å². The zero-order valence-corrected chi connectivity index (χ0v) is 8.83. The molecule has 0 saturated heterocycles. The van der Waals surface area contributed by atoms with Crippen molar-refractivity contribution in [3.63, 3.8) is 0 Å². The Morgan fingerprint density at radius 3 is 2.87 bits per heavy atom. The van der Waals surface area contributed by atoms with E-state index in [2.05, 4.69) is 12.2 Å². The van der Waals surface area contributed by atoms with Crippen LogP contribution in [0.2, 0.25) is 0 Å². The molecular weight excluding hydrogens is 190 g/mol. The number of rotatable bonds is 1.